The zero-order valence-electron chi connectivity index (χ0n) is 13.5. The van der Waals surface area contributed by atoms with E-state index in [1.165, 1.54) is 3.97 Å². The van der Waals surface area contributed by atoms with Crippen LogP contribution in [0.2, 0.25) is 0 Å². The molecule has 5 heteroatoms. The minimum absolute atomic E-state index is 0.253. The number of aryl methyl sites for hydroxylation is 2. The van der Waals surface area contributed by atoms with Gasteiger partial charge in [-0.2, -0.15) is 0 Å². The van der Waals surface area contributed by atoms with E-state index in [-0.39, 0.29) is 4.90 Å². The molecule has 3 aromatic rings. The molecule has 0 bridgehead atoms. The molecule has 0 aliphatic heterocycles. The molecule has 0 atom stereocenters. The van der Waals surface area contributed by atoms with E-state index < -0.39 is 10.0 Å². The van der Waals surface area contributed by atoms with Crippen molar-refractivity contribution in [3.63, 3.8) is 0 Å². The second-order valence-corrected chi connectivity index (χ2v) is 7.49. The van der Waals surface area contributed by atoms with Gasteiger partial charge in [0.15, 0.2) is 0 Å². The molecule has 0 radical (unpaired) electrons. The number of nitrogens with zero attached hydrogens (tertiary/aromatic N) is 1. The van der Waals surface area contributed by atoms with E-state index >= 15 is 0 Å². The Hall–Kier alpha value is -2.40. The van der Waals surface area contributed by atoms with Crippen LogP contribution in [-0.2, 0) is 27.7 Å². The van der Waals surface area contributed by atoms with Crippen molar-refractivity contribution in [2.75, 3.05) is 0 Å². The van der Waals surface area contributed by atoms with Gasteiger partial charge in [0.1, 0.15) is 6.29 Å². The fraction of sp³-hybridized carbons (Fsp3) is 0.211. The SMILES string of the molecule is CCc1ccc2c(c1)c(CCC=O)cn2S(=O)(=O)c1ccccc1. The van der Waals surface area contributed by atoms with E-state index in [0.29, 0.717) is 18.4 Å². The Morgan fingerprint density at radius 3 is 2.50 bits per heavy atom. The van der Waals surface area contributed by atoms with E-state index in [2.05, 4.69) is 6.92 Å². The van der Waals surface area contributed by atoms with Crippen molar-refractivity contribution in [3.8, 4) is 0 Å². The van der Waals surface area contributed by atoms with Gasteiger partial charge < -0.3 is 4.79 Å². The molecule has 1 aromatic heterocycles. The van der Waals surface area contributed by atoms with Crippen molar-refractivity contribution in [2.24, 2.45) is 0 Å². The zero-order chi connectivity index (χ0) is 17.2. The number of rotatable bonds is 6. The molecule has 2 aromatic carbocycles. The summed E-state index contributed by atoms with van der Waals surface area (Å²) in [4.78, 5) is 11.0. The minimum Gasteiger partial charge on any atom is -0.303 e. The van der Waals surface area contributed by atoms with Crippen LogP contribution in [-0.4, -0.2) is 18.7 Å². The first-order valence-electron chi connectivity index (χ1n) is 7.95. The van der Waals surface area contributed by atoms with Gasteiger partial charge in [-0.1, -0.05) is 31.2 Å². The van der Waals surface area contributed by atoms with Crippen LogP contribution in [0, 0.1) is 0 Å². The van der Waals surface area contributed by atoms with Crippen LogP contribution in [0.3, 0.4) is 0 Å². The molecule has 0 amide bonds. The fourth-order valence-corrected chi connectivity index (χ4v) is 4.26. The van der Waals surface area contributed by atoms with Gasteiger partial charge in [-0.25, -0.2) is 12.4 Å². The fourth-order valence-electron chi connectivity index (χ4n) is 2.85. The quantitative estimate of drug-likeness (QED) is 0.644. The third-order valence-corrected chi connectivity index (χ3v) is 5.85. The lowest BCUT2D eigenvalue weighted by Crippen LogP contribution is -2.11. The Bertz CT molecular complexity index is 973. The van der Waals surface area contributed by atoms with Crippen molar-refractivity contribution < 1.29 is 13.2 Å². The second-order valence-electron chi connectivity index (χ2n) is 5.68. The van der Waals surface area contributed by atoms with Crippen LogP contribution in [0.15, 0.2) is 59.6 Å². The van der Waals surface area contributed by atoms with E-state index in [1.807, 2.05) is 18.2 Å². The lowest BCUT2D eigenvalue weighted by atomic mass is 10.1. The average Bonchev–Trinajstić information content (AvgIpc) is 2.99. The molecule has 0 fully saturated rings. The molecular weight excluding hydrogens is 322 g/mol. The monoisotopic (exact) mass is 341 g/mol. The van der Waals surface area contributed by atoms with Gasteiger partial charge in [-0.05, 0) is 48.2 Å². The van der Waals surface area contributed by atoms with Crippen LogP contribution in [0.5, 0.6) is 0 Å². The first-order valence-corrected chi connectivity index (χ1v) is 9.39. The maximum atomic E-state index is 13.0. The molecule has 0 aliphatic rings. The smallest absolute Gasteiger partial charge is 0.268 e. The summed E-state index contributed by atoms with van der Waals surface area (Å²) in [6.45, 7) is 2.06. The highest BCUT2D eigenvalue weighted by Crippen LogP contribution is 2.28. The Labute approximate surface area is 141 Å². The maximum absolute atomic E-state index is 13.0. The van der Waals surface area contributed by atoms with Gasteiger partial charge in [-0.3, -0.25) is 0 Å². The summed E-state index contributed by atoms with van der Waals surface area (Å²) in [7, 11) is -3.66. The summed E-state index contributed by atoms with van der Waals surface area (Å²) in [6.07, 6.45) is 4.29. The largest absolute Gasteiger partial charge is 0.303 e. The van der Waals surface area contributed by atoms with E-state index in [9.17, 15) is 13.2 Å². The predicted molar refractivity (Wildman–Crippen MR) is 94.7 cm³/mol. The summed E-state index contributed by atoms with van der Waals surface area (Å²) in [5.41, 5.74) is 2.67. The summed E-state index contributed by atoms with van der Waals surface area (Å²) in [6, 6.07) is 14.2. The number of benzene rings is 2. The molecule has 0 unspecified atom stereocenters. The van der Waals surface area contributed by atoms with Crippen LogP contribution in [0.4, 0.5) is 0 Å². The summed E-state index contributed by atoms with van der Waals surface area (Å²) in [5.74, 6) is 0. The average molecular weight is 341 g/mol. The molecular formula is C19H19NO3S. The number of fused-ring (bicyclic) bond motifs is 1. The van der Waals surface area contributed by atoms with E-state index in [0.717, 1.165) is 29.2 Å². The van der Waals surface area contributed by atoms with Gasteiger partial charge in [0.05, 0.1) is 10.4 Å². The third-order valence-electron chi connectivity index (χ3n) is 4.16. The normalized spacial score (nSPS) is 11.7. The number of aldehydes is 1. The predicted octanol–water partition coefficient (Wildman–Crippen LogP) is 3.57. The number of aromatic nitrogens is 1. The number of carbonyl (C=O) groups excluding carboxylic acids is 1. The van der Waals surface area contributed by atoms with Gasteiger partial charge in [0, 0.05) is 18.0 Å². The van der Waals surface area contributed by atoms with Crippen LogP contribution in [0.1, 0.15) is 24.5 Å². The van der Waals surface area contributed by atoms with Crippen LogP contribution < -0.4 is 0 Å². The highest BCUT2D eigenvalue weighted by Gasteiger charge is 2.21. The van der Waals surface area contributed by atoms with Gasteiger partial charge in [0.25, 0.3) is 10.0 Å². The molecule has 4 nitrogen and oxygen atoms in total. The number of hydrogen-bond acceptors (Lipinski definition) is 3. The molecule has 0 spiro atoms. The molecule has 24 heavy (non-hydrogen) atoms. The Morgan fingerprint density at radius 2 is 1.83 bits per heavy atom. The van der Waals surface area contributed by atoms with Crippen molar-refractivity contribution >= 4 is 27.2 Å². The van der Waals surface area contributed by atoms with Crippen molar-refractivity contribution in [1.82, 2.24) is 3.97 Å². The lowest BCUT2D eigenvalue weighted by molar-refractivity contribution is -0.107. The molecule has 0 saturated carbocycles. The molecule has 0 saturated heterocycles. The minimum atomic E-state index is -3.66. The van der Waals surface area contributed by atoms with Gasteiger partial charge >= 0.3 is 0 Å². The highest BCUT2D eigenvalue weighted by molar-refractivity contribution is 7.90. The molecule has 0 N–H and O–H groups in total. The van der Waals surface area contributed by atoms with Crippen molar-refractivity contribution in [2.45, 2.75) is 31.1 Å². The summed E-state index contributed by atoms with van der Waals surface area (Å²) < 4.78 is 27.3. The van der Waals surface area contributed by atoms with Gasteiger partial charge in [-0.15, -0.1) is 0 Å². The first-order chi connectivity index (χ1) is 11.6. The maximum Gasteiger partial charge on any atom is 0.268 e. The Morgan fingerprint density at radius 1 is 1.08 bits per heavy atom. The first kappa shape index (κ1) is 16.5. The third kappa shape index (κ3) is 2.87. The summed E-state index contributed by atoms with van der Waals surface area (Å²) >= 11 is 0. The number of carbonyl (C=O) groups is 1. The summed E-state index contributed by atoms with van der Waals surface area (Å²) in [5, 5.41) is 0.899. The Kier molecular flexibility index (Phi) is 4.53. The van der Waals surface area contributed by atoms with E-state index in [1.54, 1.807) is 36.5 Å². The zero-order valence-corrected chi connectivity index (χ0v) is 14.3. The molecule has 3 rings (SSSR count). The van der Waals surface area contributed by atoms with Gasteiger partial charge in [0.2, 0.25) is 0 Å². The Balaban J connectivity index is 2.23. The highest BCUT2D eigenvalue weighted by atomic mass is 32.2. The molecule has 1 heterocycles. The number of hydrogen-bond donors (Lipinski definition) is 0. The molecule has 0 aliphatic carbocycles. The topological polar surface area (TPSA) is 56.1 Å². The van der Waals surface area contributed by atoms with Crippen LogP contribution >= 0.6 is 0 Å². The van der Waals surface area contributed by atoms with Crippen LogP contribution in [0.25, 0.3) is 10.9 Å². The lowest BCUT2D eigenvalue weighted by Gasteiger charge is -2.07. The van der Waals surface area contributed by atoms with E-state index in [4.69, 9.17) is 0 Å². The standard InChI is InChI=1S/C19H19NO3S/c1-2-15-10-11-19-18(13-15)16(7-6-12-21)14-20(19)24(22,23)17-8-4-3-5-9-17/h3-5,8-14H,2,6-7H2,1H3. The molecule has 124 valence electrons. The van der Waals surface area contributed by atoms with Crippen molar-refractivity contribution in [1.29, 1.82) is 0 Å². The second kappa shape index (κ2) is 6.61. The van der Waals surface area contributed by atoms with Crippen molar-refractivity contribution in [3.05, 3.63) is 65.9 Å².